The first-order chi connectivity index (χ1) is 17.6. The van der Waals surface area contributed by atoms with Gasteiger partial charge in [-0.25, -0.2) is 8.78 Å². The molecular weight excluding hydrogens is 456 g/mol. The van der Waals surface area contributed by atoms with Crippen molar-refractivity contribution in [3.05, 3.63) is 95.6 Å². The van der Waals surface area contributed by atoms with Crippen LogP contribution in [0.5, 0.6) is 11.5 Å². The Balaban J connectivity index is 1.41. The third kappa shape index (κ3) is 5.36. The van der Waals surface area contributed by atoms with Crippen molar-refractivity contribution in [1.82, 2.24) is 4.90 Å². The smallest absolute Gasteiger partial charge is 0.166 e. The Bertz CT molecular complexity index is 1330. The average Bonchev–Trinajstić information content (AvgIpc) is 2.92. The summed E-state index contributed by atoms with van der Waals surface area (Å²) in [5.41, 5.74) is 2.96. The largest absolute Gasteiger partial charge is 0.497 e. The van der Waals surface area contributed by atoms with Crippen LogP contribution in [0.15, 0.2) is 72.8 Å². The van der Waals surface area contributed by atoms with Crippen LogP contribution >= 0.6 is 0 Å². The lowest BCUT2D eigenvalue weighted by Gasteiger charge is -2.26. The van der Waals surface area contributed by atoms with Crippen molar-refractivity contribution in [2.24, 2.45) is 0 Å². The van der Waals surface area contributed by atoms with Gasteiger partial charge in [0.1, 0.15) is 18.1 Å². The van der Waals surface area contributed by atoms with E-state index in [4.69, 9.17) is 9.47 Å². The molecule has 0 N–H and O–H groups in total. The second-order valence-electron chi connectivity index (χ2n) is 9.35. The molecule has 3 nitrogen and oxygen atoms in total. The van der Waals surface area contributed by atoms with E-state index in [0.29, 0.717) is 18.6 Å². The number of benzene rings is 4. The minimum atomic E-state index is -0.848. The van der Waals surface area contributed by atoms with Crippen molar-refractivity contribution in [3.63, 3.8) is 0 Å². The molecule has 36 heavy (non-hydrogen) atoms. The van der Waals surface area contributed by atoms with E-state index in [1.807, 2.05) is 54.6 Å². The first-order valence-corrected chi connectivity index (χ1v) is 12.6. The quantitative estimate of drug-likeness (QED) is 0.261. The van der Waals surface area contributed by atoms with E-state index in [0.717, 1.165) is 59.1 Å². The lowest BCUT2D eigenvalue weighted by molar-refractivity contribution is 0.183. The number of fused-ring (bicyclic) bond motifs is 1. The number of halogens is 2. The Morgan fingerprint density at radius 3 is 2.36 bits per heavy atom. The Morgan fingerprint density at radius 1 is 0.806 bits per heavy atom. The van der Waals surface area contributed by atoms with Crippen LogP contribution in [0.4, 0.5) is 8.78 Å². The second kappa shape index (κ2) is 11.1. The molecule has 1 saturated heterocycles. The van der Waals surface area contributed by atoms with Crippen molar-refractivity contribution in [3.8, 4) is 22.6 Å². The highest BCUT2D eigenvalue weighted by Crippen LogP contribution is 2.35. The van der Waals surface area contributed by atoms with E-state index in [2.05, 4.69) is 4.90 Å². The van der Waals surface area contributed by atoms with Gasteiger partial charge in [0.15, 0.2) is 11.6 Å². The topological polar surface area (TPSA) is 21.7 Å². The summed E-state index contributed by atoms with van der Waals surface area (Å²) in [4.78, 5) is 2.46. The van der Waals surface area contributed by atoms with E-state index in [1.54, 1.807) is 19.2 Å². The molecule has 0 aromatic heterocycles. The highest BCUT2D eigenvalue weighted by molar-refractivity contribution is 5.93. The maximum atomic E-state index is 14.8. The van der Waals surface area contributed by atoms with Gasteiger partial charge in [0.05, 0.1) is 7.11 Å². The zero-order chi connectivity index (χ0) is 24.9. The van der Waals surface area contributed by atoms with Gasteiger partial charge in [-0.15, -0.1) is 0 Å². The summed E-state index contributed by atoms with van der Waals surface area (Å²) < 4.78 is 40.3. The summed E-state index contributed by atoms with van der Waals surface area (Å²) in [6.07, 6.45) is 4.45. The molecule has 0 saturated carbocycles. The molecular formula is C31H31F2NO2. The van der Waals surface area contributed by atoms with Crippen LogP contribution in [0.1, 0.15) is 30.4 Å². The van der Waals surface area contributed by atoms with E-state index in [1.165, 1.54) is 19.3 Å². The number of hydrogen-bond donors (Lipinski definition) is 0. The summed E-state index contributed by atoms with van der Waals surface area (Å²) in [7, 11) is 1.63. The monoisotopic (exact) mass is 487 g/mol. The number of ether oxygens (including phenoxy) is 2. The minimum absolute atomic E-state index is 0.264. The molecule has 1 aliphatic heterocycles. The van der Waals surface area contributed by atoms with E-state index >= 15 is 0 Å². The molecule has 0 spiro atoms. The average molecular weight is 488 g/mol. The van der Waals surface area contributed by atoms with Crippen LogP contribution in [0.2, 0.25) is 0 Å². The van der Waals surface area contributed by atoms with Gasteiger partial charge in [0.2, 0.25) is 0 Å². The highest BCUT2D eigenvalue weighted by atomic mass is 19.2. The number of likely N-dealkylation sites (tertiary alicyclic amines) is 1. The number of piperidine rings is 1. The van der Waals surface area contributed by atoms with Gasteiger partial charge in [0, 0.05) is 12.1 Å². The van der Waals surface area contributed by atoms with Crippen molar-refractivity contribution < 1.29 is 18.3 Å². The van der Waals surface area contributed by atoms with E-state index < -0.39 is 11.6 Å². The first-order valence-electron chi connectivity index (χ1n) is 12.6. The predicted octanol–water partition coefficient (Wildman–Crippen LogP) is 7.25. The predicted molar refractivity (Wildman–Crippen MR) is 141 cm³/mol. The van der Waals surface area contributed by atoms with Crippen LogP contribution < -0.4 is 9.47 Å². The zero-order valence-corrected chi connectivity index (χ0v) is 20.6. The Hall–Kier alpha value is -3.44. The fraction of sp³-hybridized carbons (Fsp3) is 0.290. The summed E-state index contributed by atoms with van der Waals surface area (Å²) in [6, 6.07) is 22.0. The highest BCUT2D eigenvalue weighted by Gasteiger charge is 2.16. The fourth-order valence-corrected chi connectivity index (χ4v) is 5.04. The van der Waals surface area contributed by atoms with Crippen LogP contribution in [0, 0.1) is 11.6 Å². The summed E-state index contributed by atoms with van der Waals surface area (Å²) >= 11 is 0. The molecule has 0 aliphatic carbocycles. The van der Waals surface area contributed by atoms with Gasteiger partial charge >= 0.3 is 0 Å². The molecule has 5 rings (SSSR count). The summed E-state index contributed by atoms with van der Waals surface area (Å²) in [6.45, 7) is 3.94. The van der Waals surface area contributed by atoms with Gasteiger partial charge in [-0.2, -0.15) is 0 Å². The number of rotatable bonds is 8. The molecule has 1 aliphatic rings. The molecule has 0 radical (unpaired) electrons. The van der Waals surface area contributed by atoms with E-state index in [-0.39, 0.29) is 5.56 Å². The molecule has 4 aromatic carbocycles. The second-order valence-corrected chi connectivity index (χ2v) is 9.35. The normalized spacial score (nSPS) is 14.2. The maximum absolute atomic E-state index is 14.8. The van der Waals surface area contributed by atoms with Crippen LogP contribution in [-0.2, 0) is 6.42 Å². The molecule has 0 amide bonds. The van der Waals surface area contributed by atoms with Crippen molar-refractivity contribution in [2.45, 2.75) is 25.7 Å². The Morgan fingerprint density at radius 2 is 1.58 bits per heavy atom. The number of nitrogens with zero attached hydrogens (tertiary/aromatic N) is 1. The third-order valence-electron chi connectivity index (χ3n) is 7.01. The summed E-state index contributed by atoms with van der Waals surface area (Å²) in [5.74, 6) is -0.0811. The third-order valence-corrected chi connectivity index (χ3v) is 7.01. The van der Waals surface area contributed by atoms with Crippen molar-refractivity contribution >= 4 is 10.8 Å². The van der Waals surface area contributed by atoms with Crippen molar-refractivity contribution in [2.75, 3.05) is 33.4 Å². The SMILES string of the molecule is COc1ccc2c(Cc3ccc(OCCN4CCCCC4)cc3)c(-c3cccc(F)c3F)ccc2c1. The Labute approximate surface area is 211 Å². The molecule has 5 heteroatoms. The van der Waals surface area contributed by atoms with Crippen LogP contribution in [-0.4, -0.2) is 38.3 Å². The van der Waals surface area contributed by atoms with Crippen LogP contribution in [0.3, 0.4) is 0 Å². The molecule has 0 bridgehead atoms. The molecule has 4 aromatic rings. The standard InChI is InChI=1S/C31H31F2NO2/c1-35-25-13-15-26-23(21-25)10-14-27(28-6-5-7-30(32)31(28)33)29(26)20-22-8-11-24(12-9-22)36-19-18-34-16-3-2-4-17-34/h5-15,21H,2-4,16-20H2,1H3. The number of hydrogen-bond acceptors (Lipinski definition) is 3. The molecule has 1 heterocycles. The molecule has 0 unspecified atom stereocenters. The Kier molecular flexibility index (Phi) is 7.47. The molecule has 0 atom stereocenters. The fourth-order valence-electron chi connectivity index (χ4n) is 5.04. The minimum Gasteiger partial charge on any atom is -0.497 e. The molecule has 186 valence electrons. The lowest BCUT2D eigenvalue weighted by atomic mass is 9.90. The maximum Gasteiger partial charge on any atom is 0.166 e. The van der Waals surface area contributed by atoms with Gasteiger partial charge in [-0.1, -0.05) is 48.9 Å². The lowest BCUT2D eigenvalue weighted by Crippen LogP contribution is -2.33. The first kappa shape index (κ1) is 24.3. The van der Waals surface area contributed by atoms with E-state index in [9.17, 15) is 8.78 Å². The molecule has 1 fully saturated rings. The van der Waals surface area contributed by atoms with Gasteiger partial charge < -0.3 is 9.47 Å². The number of methoxy groups -OCH3 is 1. The van der Waals surface area contributed by atoms with Gasteiger partial charge in [0.25, 0.3) is 0 Å². The zero-order valence-electron chi connectivity index (χ0n) is 20.6. The van der Waals surface area contributed by atoms with Crippen molar-refractivity contribution in [1.29, 1.82) is 0 Å². The van der Waals surface area contributed by atoms with Gasteiger partial charge in [-0.3, -0.25) is 4.90 Å². The van der Waals surface area contributed by atoms with Crippen LogP contribution in [0.25, 0.3) is 21.9 Å². The summed E-state index contributed by atoms with van der Waals surface area (Å²) in [5, 5.41) is 1.97. The van der Waals surface area contributed by atoms with Gasteiger partial charge in [-0.05, 0) is 90.1 Å².